The van der Waals surface area contributed by atoms with Gasteiger partial charge in [0.15, 0.2) is 0 Å². The minimum absolute atomic E-state index is 0.119. The van der Waals surface area contributed by atoms with Crippen LogP contribution in [0.4, 0.5) is 0 Å². The third-order valence-corrected chi connectivity index (χ3v) is 4.92. The molecule has 5 nitrogen and oxygen atoms in total. The number of aryl methyl sites for hydroxylation is 1. The van der Waals surface area contributed by atoms with Gasteiger partial charge in [0, 0.05) is 18.0 Å². The molecule has 25 heavy (non-hydrogen) atoms. The summed E-state index contributed by atoms with van der Waals surface area (Å²) in [6, 6.07) is 6.57. The summed E-state index contributed by atoms with van der Waals surface area (Å²) in [5.74, 6) is 7.25. The highest BCUT2D eigenvalue weighted by molar-refractivity contribution is 5.42. The number of hydrogen-bond donors (Lipinski definition) is 0. The lowest BCUT2D eigenvalue weighted by Gasteiger charge is -2.24. The molecular weight excluding hydrogens is 314 g/mol. The van der Waals surface area contributed by atoms with Gasteiger partial charge in [-0.1, -0.05) is 23.1 Å². The zero-order valence-electron chi connectivity index (χ0n) is 14.8. The molecule has 2 atom stereocenters. The summed E-state index contributed by atoms with van der Waals surface area (Å²) in [6.45, 7) is 5.94. The van der Waals surface area contributed by atoms with E-state index in [-0.39, 0.29) is 12.1 Å². The lowest BCUT2D eigenvalue weighted by Crippen LogP contribution is -2.32. The van der Waals surface area contributed by atoms with Crippen LogP contribution in [0, 0.1) is 24.7 Å². The van der Waals surface area contributed by atoms with E-state index in [0.717, 1.165) is 25.1 Å². The molecule has 0 amide bonds. The van der Waals surface area contributed by atoms with Crippen molar-refractivity contribution in [2.45, 2.75) is 38.3 Å². The Labute approximate surface area is 149 Å². The predicted molar refractivity (Wildman–Crippen MR) is 95.1 cm³/mol. The highest BCUT2D eigenvalue weighted by Crippen LogP contribution is 2.29. The Balaban J connectivity index is 1.32. The zero-order chi connectivity index (χ0) is 17.1. The summed E-state index contributed by atoms with van der Waals surface area (Å²) in [5, 5.41) is 10.9. The van der Waals surface area contributed by atoms with Crippen molar-refractivity contribution in [3.8, 4) is 11.8 Å². The molecule has 3 aliphatic rings. The topological polar surface area (TPSA) is 46.4 Å². The van der Waals surface area contributed by atoms with Crippen LogP contribution in [0.5, 0.6) is 0 Å². The van der Waals surface area contributed by atoms with Gasteiger partial charge in [0.05, 0.1) is 32.5 Å². The summed E-state index contributed by atoms with van der Waals surface area (Å²) < 4.78 is 11.1. The van der Waals surface area contributed by atoms with Gasteiger partial charge in [0.25, 0.3) is 0 Å². The Morgan fingerprint density at radius 1 is 1.28 bits per heavy atom. The largest absolute Gasteiger partial charge is 0.376 e. The maximum Gasteiger partial charge on any atom is 0.117 e. The molecule has 2 fully saturated rings. The molecule has 132 valence electrons. The predicted octanol–water partition coefficient (Wildman–Crippen LogP) is 3.29. The smallest absolute Gasteiger partial charge is 0.117 e. The van der Waals surface area contributed by atoms with E-state index in [1.807, 2.05) is 5.01 Å². The lowest BCUT2D eigenvalue weighted by molar-refractivity contribution is -0.0925. The molecule has 1 aromatic carbocycles. The van der Waals surface area contributed by atoms with Crippen LogP contribution in [0.25, 0.3) is 0 Å². The molecule has 0 aromatic heterocycles. The van der Waals surface area contributed by atoms with Crippen LogP contribution in [0.15, 0.2) is 28.5 Å². The minimum Gasteiger partial charge on any atom is -0.376 e. The minimum atomic E-state index is 0.119. The van der Waals surface area contributed by atoms with E-state index in [1.165, 1.54) is 24.0 Å². The second-order valence-corrected chi connectivity index (χ2v) is 7.10. The Hall–Kier alpha value is -1.90. The van der Waals surface area contributed by atoms with Crippen LogP contribution >= 0.6 is 0 Å². The molecule has 1 aromatic rings. The van der Waals surface area contributed by atoms with E-state index in [4.69, 9.17) is 9.47 Å². The summed E-state index contributed by atoms with van der Waals surface area (Å²) in [7, 11) is 0. The second kappa shape index (κ2) is 7.55. The van der Waals surface area contributed by atoms with Gasteiger partial charge in [-0.2, -0.15) is 5.11 Å². The van der Waals surface area contributed by atoms with E-state index >= 15 is 0 Å². The van der Waals surface area contributed by atoms with Crippen LogP contribution in [-0.4, -0.2) is 44.0 Å². The highest BCUT2D eigenvalue weighted by Gasteiger charge is 2.24. The summed E-state index contributed by atoms with van der Waals surface area (Å²) >= 11 is 0. The standard InChI is InChI=1S/C20H25N3O2/c1-15-12-17(5-4-16-2-3-16)6-7-19(15)20-13-23(22-21-20)9-8-18-14-24-10-11-25-18/h6-7,12,16,18,20H,2-3,8-11,13-14H2,1H3. The van der Waals surface area contributed by atoms with Gasteiger partial charge >= 0.3 is 0 Å². The van der Waals surface area contributed by atoms with Gasteiger partial charge in [-0.25, -0.2) is 0 Å². The Bertz CT molecular complexity index is 697. The number of ether oxygens (including phenoxy) is 2. The van der Waals surface area contributed by atoms with Crippen LogP contribution < -0.4 is 0 Å². The van der Waals surface area contributed by atoms with Crippen molar-refractivity contribution in [2.24, 2.45) is 16.3 Å². The van der Waals surface area contributed by atoms with E-state index in [9.17, 15) is 0 Å². The fourth-order valence-corrected chi connectivity index (χ4v) is 3.24. The van der Waals surface area contributed by atoms with Crippen LogP contribution in [0.3, 0.4) is 0 Å². The number of nitrogens with zero attached hydrogens (tertiary/aromatic N) is 3. The van der Waals surface area contributed by atoms with Crippen molar-refractivity contribution in [2.75, 3.05) is 32.9 Å². The molecule has 5 heteroatoms. The highest BCUT2D eigenvalue weighted by atomic mass is 16.6. The summed E-state index contributed by atoms with van der Waals surface area (Å²) in [5.41, 5.74) is 3.60. The molecule has 4 rings (SSSR count). The van der Waals surface area contributed by atoms with E-state index in [2.05, 4.69) is 47.3 Å². The maximum absolute atomic E-state index is 5.69. The van der Waals surface area contributed by atoms with E-state index < -0.39 is 0 Å². The molecule has 1 aliphatic carbocycles. The molecule has 1 saturated heterocycles. The third kappa shape index (κ3) is 4.39. The normalized spacial score (nSPS) is 25.7. The molecule has 1 saturated carbocycles. The number of rotatable bonds is 4. The first-order valence-corrected chi connectivity index (χ1v) is 9.25. The summed E-state index contributed by atoms with van der Waals surface area (Å²) in [4.78, 5) is 0. The molecule has 0 bridgehead atoms. The van der Waals surface area contributed by atoms with Crippen molar-refractivity contribution < 1.29 is 9.47 Å². The van der Waals surface area contributed by atoms with E-state index in [1.54, 1.807) is 0 Å². The molecule has 2 aliphatic heterocycles. The van der Waals surface area contributed by atoms with E-state index in [0.29, 0.717) is 25.7 Å². The first kappa shape index (κ1) is 16.6. The first-order valence-electron chi connectivity index (χ1n) is 9.25. The van der Waals surface area contributed by atoms with Crippen LogP contribution in [-0.2, 0) is 9.47 Å². The van der Waals surface area contributed by atoms with Gasteiger partial charge in [0.1, 0.15) is 6.04 Å². The van der Waals surface area contributed by atoms with Crippen molar-refractivity contribution in [3.63, 3.8) is 0 Å². The number of benzene rings is 1. The zero-order valence-corrected chi connectivity index (χ0v) is 14.8. The second-order valence-electron chi connectivity index (χ2n) is 7.10. The average molecular weight is 339 g/mol. The Kier molecular flexibility index (Phi) is 5.00. The molecule has 0 radical (unpaired) electrons. The molecule has 0 N–H and O–H groups in total. The Morgan fingerprint density at radius 2 is 2.20 bits per heavy atom. The molecule has 2 heterocycles. The monoisotopic (exact) mass is 339 g/mol. The maximum atomic E-state index is 5.69. The fraction of sp³-hybridized carbons (Fsp3) is 0.600. The third-order valence-electron chi connectivity index (χ3n) is 4.92. The van der Waals surface area contributed by atoms with Crippen molar-refractivity contribution in [1.82, 2.24) is 5.01 Å². The fourth-order valence-electron chi connectivity index (χ4n) is 3.24. The van der Waals surface area contributed by atoms with Gasteiger partial charge in [-0.3, -0.25) is 5.01 Å². The quantitative estimate of drug-likeness (QED) is 0.791. The SMILES string of the molecule is Cc1cc(C#CC2CC2)ccc1C1CN(CCC2COCCO2)N=N1. The van der Waals surface area contributed by atoms with Gasteiger partial charge in [-0.15, -0.1) is 0 Å². The summed E-state index contributed by atoms with van der Waals surface area (Å²) in [6.07, 6.45) is 3.65. The van der Waals surface area contributed by atoms with Crippen molar-refractivity contribution in [3.05, 3.63) is 34.9 Å². The van der Waals surface area contributed by atoms with Gasteiger partial charge < -0.3 is 9.47 Å². The molecular formula is C20H25N3O2. The van der Waals surface area contributed by atoms with Crippen molar-refractivity contribution in [1.29, 1.82) is 0 Å². The van der Waals surface area contributed by atoms with Crippen molar-refractivity contribution >= 4 is 0 Å². The molecule has 2 unspecified atom stereocenters. The average Bonchev–Trinajstić information content (AvgIpc) is 3.36. The van der Waals surface area contributed by atoms with Crippen LogP contribution in [0.1, 0.15) is 42.0 Å². The Morgan fingerprint density at radius 3 is 2.96 bits per heavy atom. The van der Waals surface area contributed by atoms with Gasteiger partial charge in [0.2, 0.25) is 0 Å². The number of hydrogen-bond acceptors (Lipinski definition) is 5. The first-order chi connectivity index (χ1) is 12.3. The van der Waals surface area contributed by atoms with Gasteiger partial charge in [-0.05, 0) is 49.4 Å². The van der Waals surface area contributed by atoms with Crippen LogP contribution in [0.2, 0.25) is 0 Å². The molecule has 0 spiro atoms. The lowest BCUT2D eigenvalue weighted by atomic mass is 9.99.